The van der Waals surface area contributed by atoms with Crippen molar-refractivity contribution >= 4 is 32.6 Å². The smallest absolute Gasteiger partial charge is 0.277 e. The molecule has 2 unspecified atom stereocenters. The molecule has 0 amide bonds. The predicted octanol–water partition coefficient (Wildman–Crippen LogP) is -0.484. The molecule has 146 valence electrons. The van der Waals surface area contributed by atoms with Crippen molar-refractivity contribution in [1.29, 1.82) is 0 Å². The van der Waals surface area contributed by atoms with Gasteiger partial charge in [-0.15, -0.1) is 0 Å². The number of hydrogen-bond donors (Lipinski definition) is 4. The van der Waals surface area contributed by atoms with E-state index in [0.29, 0.717) is 5.75 Å². The van der Waals surface area contributed by atoms with Crippen molar-refractivity contribution in [2.45, 2.75) is 24.6 Å². The Kier molecular flexibility index (Phi) is 8.59. The number of carbonyl (C=O) groups is 1. The number of benzene rings is 1. The summed E-state index contributed by atoms with van der Waals surface area (Å²) in [6.07, 6.45) is 0.424. The number of aliphatic hydroxyl groups excluding tert-OH is 2. The highest BCUT2D eigenvalue weighted by Crippen LogP contribution is 2.21. The summed E-state index contributed by atoms with van der Waals surface area (Å²) in [6, 6.07) is 2.07. The van der Waals surface area contributed by atoms with Gasteiger partial charge in [-0.3, -0.25) is 14.9 Å². The normalized spacial score (nSPS) is 15.2. The van der Waals surface area contributed by atoms with Crippen LogP contribution in [-0.2, 0) is 14.8 Å². The molecule has 0 fully saturated rings. The number of nitro benzene ring substituents is 1. The quantitative estimate of drug-likeness (QED) is 0.295. The molecule has 0 aliphatic heterocycles. The molecule has 0 aliphatic rings. The first-order chi connectivity index (χ1) is 12.1. The molecule has 3 atom stereocenters. The minimum atomic E-state index is -4.53. The summed E-state index contributed by atoms with van der Waals surface area (Å²) in [5.74, 6) is 0.497. The molecule has 12 heteroatoms. The number of non-ortho nitro benzene ring substituents is 1. The van der Waals surface area contributed by atoms with Gasteiger partial charge in [0.05, 0.1) is 29.7 Å². The Morgan fingerprint density at radius 3 is 2.42 bits per heavy atom. The molecule has 0 spiro atoms. The van der Waals surface area contributed by atoms with Crippen molar-refractivity contribution < 1.29 is 28.3 Å². The number of thioether (sulfide) groups is 1. The number of nitrogens with two attached hydrogens (primary N) is 1. The van der Waals surface area contributed by atoms with Gasteiger partial charge >= 0.3 is 0 Å². The first-order valence-electron chi connectivity index (χ1n) is 7.48. The van der Waals surface area contributed by atoms with Crippen LogP contribution in [0.25, 0.3) is 0 Å². The monoisotopic (exact) mass is 407 g/mol. The minimum absolute atomic E-state index is 0.136. The molecule has 0 aromatic heterocycles. The molecule has 1 aromatic rings. The Balaban J connectivity index is 2.90. The summed E-state index contributed by atoms with van der Waals surface area (Å²) in [4.78, 5) is 22.0. The second kappa shape index (κ2) is 9.94. The Morgan fingerprint density at radius 2 is 1.96 bits per heavy atom. The summed E-state index contributed by atoms with van der Waals surface area (Å²) in [6.45, 7) is -0.801. The highest BCUT2D eigenvalue weighted by atomic mass is 32.2. The number of nitrogens with one attached hydrogen (secondary N) is 1. The van der Waals surface area contributed by atoms with Crippen molar-refractivity contribution in [3.05, 3.63) is 39.9 Å². The number of nitro groups is 1. The standard InChI is InChI=1S/C14H21N3O7S2/c1-25-7-6-11(15)14(20)26(23,24)16-12(8-18)13(19)9-2-4-10(5-3-9)17(21)22/h2-5,11-13,16,18-19H,6-8,15H2,1H3/t11-,12?,13?/m0/s1. The van der Waals surface area contributed by atoms with E-state index in [1.807, 2.05) is 4.72 Å². The van der Waals surface area contributed by atoms with E-state index in [9.17, 15) is 33.5 Å². The summed E-state index contributed by atoms with van der Waals surface area (Å²) >= 11 is 1.41. The lowest BCUT2D eigenvalue weighted by Crippen LogP contribution is -2.49. The first-order valence-corrected chi connectivity index (χ1v) is 10.4. The lowest BCUT2D eigenvalue weighted by molar-refractivity contribution is -0.384. The number of hydrogen-bond acceptors (Lipinski definition) is 9. The van der Waals surface area contributed by atoms with Crippen LogP contribution >= 0.6 is 11.8 Å². The Labute approximate surface area is 155 Å². The van der Waals surface area contributed by atoms with E-state index in [1.54, 1.807) is 6.26 Å². The van der Waals surface area contributed by atoms with Gasteiger partial charge in [-0.05, 0) is 36.1 Å². The lowest BCUT2D eigenvalue weighted by atomic mass is 10.0. The molecule has 0 heterocycles. The topological polar surface area (TPSA) is 173 Å². The molecular formula is C14H21N3O7S2. The third-order valence-electron chi connectivity index (χ3n) is 3.53. The van der Waals surface area contributed by atoms with Crippen LogP contribution in [0.4, 0.5) is 5.69 Å². The van der Waals surface area contributed by atoms with Crippen LogP contribution in [0.2, 0.25) is 0 Å². The fourth-order valence-corrected chi connectivity index (χ4v) is 3.77. The summed E-state index contributed by atoms with van der Waals surface area (Å²) in [5, 5.41) is 29.0. The number of carbonyl (C=O) groups excluding carboxylic acids is 1. The maximum Gasteiger partial charge on any atom is 0.277 e. The molecule has 1 rings (SSSR count). The molecular weight excluding hydrogens is 386 g/mol. The van der Waals surface area contributed by atoms with Crippen molar-refractivity contribution in [2.75, 3.05) is 18.6 Å². The van der Waals surface area contributed by atoms with Crippen LogP contribution in [0, 0.1) is 10.1 Å². The van der Waals surface area contributed by atoms with E-state index in [4.69, 9.17) is 5.73 Å². The molecule has 0 saturated heterocycles. The van der Waals surface area contributed by atoms with Crippen molar-refractivity contribution in [2.24, 2.45) is 5.73 Å². The summed E-state index contributed by atoms with van der Waals surface area (Å²) in [5.41, 5.74) is 5.49. The van der Waals surface area contributed by atoms with Crippen LogP contribution in [0.1, 0.15) is 18.1 Å². The molecule has 0 bridgehead atoms. The van der Waals surface area contributed by atoms with Crippen LogP contribution in [0.3, 0.4) is 0 Å². The van der Waals surface area contributed by atoms with Gasteiger partial charge in [0.1, 0.15) is 0 Å². The largest absolute Gasteiger partial charge is 0.395 e. The third-order valence-corrected chi connectivity index (χ3v) is 5.62. The van der Waals surface area contributed by atoms with Gasteiger partial charge < -0.3 is 15.9 Å². The molecule has 0 aliphatic carbocycles. The molecule has 10 nitrogen and oxygen atoms in total. The second-order valence-corrected chi connectivity index (χ2v) is 8.04. The predicted molar refractivity (Wildman–Crippen MR) is 97.0 cm³/mol. The highest BCUT2D eigenvalue weighted by Gasteiger charge is 2.33. The van der Waals surface area contributed by atoms with Crippen molar-refractivity contribution in [3.63, 3.8) is 0 Å². The Bertz CT molecular complexity index is 725. The van der Waals surface area contributed by atoms with E-state index < -0.39 is 44.9 Å². The zero-order chi connectivity index (χ0) is 19.9. The Morgan fingerprint density at radius 1 is 1.38 bits per heavy atom. The van der Waals surface area contributed by atoms with E-state index in [-0.39, 0.29) is 17.7 Å². The average Bonchev–Trinajstić information content (AvgIpc) is 2.62. The fourth-order valence-electron chi connectivity index (χ4n) is 2.05. The number of sulfonamides is 1. The van der Waals surface area contributed by atoms with Gasteiger partial charge in [0, 0.05) is 12.1 Å². The van der Waals surface area contributed by atoms with Crippen LogP contribution in [0.5, 0.6) is 0 Å². The number of aliphatic hydroxyl groups is 2. The highest BCUT2D eigenvalue weighted by molar-refractivity contribution is 8.04. The first kappa shape index (κ1) is 22.5. The Hall–Kier alpha value is -1.57. The van der Waals surface area contributed by atoms with Crippen LogP contribution in [0.15, 0.2) is 24.3 Å². The number of nitrogens with zero attached hydrogens (tertiary/aromatic N) is 1. The molecule has 0 saturated carbocycles. The van der Waals surface area contributed by atoms with Crippen LogP contribution in [-0.4, -0.2) is 59.4 Å². The van der Waals surface area contributed by atoms with Gasteiger partial charge in [-0.2, -0.15) is 11.8 Å². The van der Waals surface area contributed by atoms with Crippen molar-refractivity contribution in [3.8, 4) is 0 Å². The van der Waals surface area contributed by atoms with Gasteiger partial charge in [-0.25, -0.2) is 13.1 Å². The van der Waals surface area contributed by atoms with Gasteiger partial charge in [0.25, 0.3) is 20.8 Å². The maximum atomic E-state index is 12.1. The molecule has 26 heavy (non-hydrogen) atoms. The molecule has 0 radical (unpaired) electrons. The molecule has 5 N–H and O–H groups in total. The fraction of sp³-hybridized carbons (Fsp3) is 0.500. The zero-order valence-electron chi connectivity index (χ0n) is 13.9. The van der Waals surface area contributed by atoms with Gasteiger partial charge in [0.2, 0.25) is 0 Å². The van der Waals surface area contributed by atoms with E-state index in [2.05, 4.69) is 0 Å². The van der Waals surface area contributed by atoms with E-state index in [0.717, 1.165) is 12.1 Å². The maximum absolute atomic E-state index is 12.1. The van der Waals surface area contributed by atoms with Gasteiger partial charge in [-0.1, -0.05) is 0 Å². The SMILES string of the molecule is CSCC[C@H](N)C(=O)S(=O)(=O)NC(CO)C(O)c1ccc([N+](=O)[O-])cc1. The summed E-state index contributed by atoms with van der Waals surface area (Å²) in [7, 11) is -4.53. The van der Waals surface area contributed by atoms with Crippen molar-refractivity contribution in [1.82, 2.24) is 4.72 Å². The average molecular weight is 407 g/mol. The third kappa shape index (κ3) is 6.00. The van der Waals surface area contributed by atoms with Crippen LogP contribution < -0.4 is 10.5 Å². The van der Waals surface area contributed by atoms with E-state index in [1.165, 1.54) is 23.9 Å². The lowest BCUT2D eigenvalue weighted by Gasteiger charge is -2.22. The molecule has 1 aromatic carbocycles. The summed E-state index contributed by atoms with van der Waals surface area (Å²) < 4.78 is 26.2. The minimum Gasteiger partial charge on any atom is -0.395 e. The van der Waals surface area contributed by atoms with Gasteiger partial charge in [0.15, 0.2) is 0 Å². The second-order valence-electron chi connectivity index (χ2n) is 5.41. The van der Waals surface area contributed by atoms with E-state index >= 15 is 0 Å². The number of rotatable bonds is 10. The zero-order valence-corrected chi connectivity index (χ0v) is 15.6.